The maximum atomic E-state index is 12.9. The van der Waals surface area contributed by atoms with Gasteiger partial charge < -0.3 is 15.3 Å². The average molecular weight is 351 g/mol. The Morgan fingerprint density at radius 3 is 2.48 bits per heavy atom. The second kappa shape index (κ2) is 8.80. The molecule has 0 atom stereocenters. The lowest BCUT2D eigenvalue weighted by Crippen LogP contribution is -2.56. The summed E-state index contributed by atoms with van der Waals surface area (Å²) in [6.07, 6.45) is 2.22. The molecule has 1 aliphatic rings. The monoisotopic (exact) mass is 351 g/mol. The van der Waals surface area contributed by atoms with E-state index in [1.54, 1.807) is 24.1 Å². The number of aliphatic carboxylic acids is 1. The molecule has 1 aliphatic carbocycles. The third-order valence-corrected chi connectivity index (χ3v) is 4.70. The highest BCUT2D eigenvalue weighted by Gasteiger charge is 2.35. The van der Waals surface area contributed by atoms with Crippen LogP contribution in [-0.2, 0) is 11.2 Å². The summed E-state index contributed by atoms with van der Waals surface area (Å²) in [4.78, 5) is 26.6. The minimum atomic E-state index is -0.824. The highest BCUT2D eigenvalue weighted by Crippen LogP contribution is 2.25. The van der Waals surface area contributed by atoms with Gasteiger partial charge in [-0.25, -0.2) is 9.18 Å². The number of likely N-dealkylation sites (N-methyl/N-ethyl adjacent to an activating group) is 2. The molecule has 0 unspecified atom stereocenters. The van der Waals surface area contributed by atoms with Crippen LogP contribution in [0.2, 0.25) is 0 Å². The number of halogens is 1. The molecule has 0 spiro atoms. The summed E-state index contributed by atoms with van der Waals surface area (Å²) in [6, 6.07) is 6.45. The van der Waals surface area contributed by atoms with Gasteiger partial charge in [-0.2, -0.15) is 0 Å². The van der Waals surface area contributed by atoms with Crippen molar-refractivity contribution in [3.8, 4) is 0 Å². The summed E-state index contributed by atoms with van der Waals surface area (Å²) in [5, 5.41) is 11.9. The molecule has 0 aromatic heterocycles. The van der Waals surface area contributed by atoms with E-state index in [0.29, 0.717) is 19.5 Å². The number of hydrogen-bond donors (Lipinski definition) is 2. The normalized spacial score (nSPS) is 19.4. The van der Waals surface area contributed by atoms with E-state index >= 15 is 0 Å². The number of nitrogens with one attached hydrogen (secondary N) is 1. The van der Waals surface area contributed by atoms with Crippen LogP contribution in [0.1, 0.15) is 25.3 Å². The summed E-state index contributed by atoms with van der Waals surface area (Å²) < 4.78 is 12.9. The Morgan fingerprint density at radius 2 is 1.92 bits per heavy atom. The van der Waals surface area contributed by atoms with Gasteiger partial charge in [0.2, 0.25) is 0 Å². The molecule has 1 saturated carbocycles. The van der Waals surface area contributed by atoms with Gasteiger partial charge in [0.15, 0.2) is 0 Å². The van der Waals surface area contributed by atoms with Crippen LogP contribution in [0.15, 0.2) is 24.3 Å². The van der Waals surface area contributed by atoms with E-state index in [1.807, 2.05) is 11.8 Å². The van der Waals surface area contributed by atoms with Crippen molar-refractivity contribution >= 4 is 12.0 Å². The molecule has 0 bridgehead atoms. The van der Waals surface area contributed by atoms with Crippen molar-refractivity contribution in [3.05, 3.63) is 35.6 Å². The number of benzene rings is 1. The zero-order valence-corrected chi connectivity index (χ0v) is 14.7. The molecule has 2 N–H and O–H groups in total. The van der Waals surface area contributed by atoms with Crippen molar-refractivity contribution in [2.24, 2.45) is 0 Å². The Kier molecular flexibility index (Phi) is 6.75. The van der Waals surface area contributed by atoms with Gasteiger partial charge in [0.1, 0.15) is 5.82 Å². The van der Waals surface area contributed by atoms with E-state index in [4.69, 9.17) is 5.11 Å². The SMILES string of the molecule is CCN(CC(=O)O)C1CC(NC(=O)N(C)CCc2ccc(F)cc2)C1. The van der Waals surface area contributed by atoms with Gasteiger partial charge in [-0.1, -0.05) is 19.1 Å². The molecule has 2 amide bonds. The van der Waals surface area contributed by atoms with E-state index in [0.717, 1.165) is 18.4 Å². The van der Waals surface area contributed by atoms with Gasteiger partial charge in [0, 0.05) is 25.7 Å². The number of carbonyl (C=O) groups is 2. The quantitative estimate of drug-likeness (QED) is 0.751. The van der Waals surface area contributed by atoms with Gasteiger partial charge in [-0.15, -0.1) is 0 Å². The largest absolute Gasteiger partial charge is 0.480 e. The highest BCUT2D eigenvalue weighted by molar-refractivity contribution is 5.74. The molecule has 0 saturated heterocycles. The minimum Gasteiger partial charge on any atom is -0.480 e. The van der Waals surface area contributed by atoms with Crippen LogP contribution in [0.3, 0.4) is 0 Å². The van der Waals surface area contributed by atoms with Crippen LogP contribution in [-0.4, -0.2) is 65.7 Å². The average Bonchev–Trinajstić information content (AvgIpc) is 2.54. The van der Waals surface area contributed by atoms with Gasteiger partial charge in [-0.05, 0) is 43.5 Å². The lowest BCUT2D eigenvalue weighted by molar-refractivity contribution is -0.139. The van der Waals surface area contributed by atoms with Crippen molar-refractivity contribution in [2.75, 3.05) is 26.7 Å². The zero-order valence-electron chi connectivity index (χ0n) is 14.7. The number of nitrogens with zero attached hydrogens (tertiary/aromatic N) is 2. The number of rotatable bonds is 8. The second-order valence-electron chi connectivity index (χ2n) is 6.53. The lowest BCUT2D eigenvalue weighted by atomic mass is 9.85. The van der Waals surface area contributed by atoms with E-state index in [-0.39, 0.29) is 30.5 Å². The van der Waals surface area contributed by atoms with Gasteiger partial charge in [0.25, 0.3) is 0 Å². The molecule has 25 heavy (non-hydrogen) atoms. The number of carboxylic acids is 1. The van der Waals surface area contributed by atoms with E-state index in [1.165, 1.54) is 12.1 Å². The molecule has 6 nitrogen and oxygen atoms in total. The maximum Gasteiger partial charge on any atom is 0.317 e. The fourth-order valence-electron chi connectivity index (χ4n) is 3.01. The van der Waals surface area contributed by atoms with Crippen LogP contribution >= 0.6 is 0 Å². The summed E-state index contributed by atoms with van der Waals surface area (Å²) in [7, 11) is 1.73. The smallest absolute Gasteiger partial charge is 0.317 e. The van der Waals surface area contributed by atoms with E-state index in [2.05, 4.69) is 5.32 Å². The second-order valence-corrected chi connectivity index (χ2v) is 6.53. The molecule has 0 aliphatic heterocycles. The summed E-state index contributed by atoms with van der Waals surface area (Å²) in [5.41, 5.74) is 0.983. The van der Waals surface area contributed by atoms with Crippen molar-refractivity contribution in [1.82, 2.24) is 15.1 Å². The van der Waals surface area contributed by atoms with Crippen LogP contribution in [0.25, 0.3) is 0 Å². The Bertz CT molecular complexity index is 588. The molecule has 1 aromatic carbocycles. The third-order valence-electron chi connectivity index (χ3n) is 4.70. The fraction of sp³-hybridized carbons (Fsp3) is 0.556. The van der Waals surface area contributed by atoms with Crippen LogP contribution in [0.5, 0.6) is 0 Å². The van der Waals surface area contributed by atoms with Crippen LogP contribution < -0.4 is 5.32 Å². The molecule has 0 heterocycles. The van der Waals surface area contributed by atoms with E-state index < -0.39 is 5.97 Å². The zero-order chi connectivity index (χ0) is 18.4. The number of carboxylic acid groups (broad SMARTS) is 1. The van der Waals surface area contributed by atoms with Crippen LogP contribution in [0.4, 0.5) is 9.18 Å². The van der Waals surface area contributed by atoms with Gasteiger partial charge >= 0.3 is 12.0 Å². The first kappa shape index (κ1) is 19.2. The Morgan fingerprint density at radius 1 is 1.28 bits per heavy atom. The minimum absolute atomic E-state index is 0.0411. The number of carbonyl (C=O) groups excluding carboxylic acids is 1. The Balaban J connectivity index is 1.70. The predicted octanol–water partition coefficient (Wildman–Crippen LogP) is 1.95. The topological polar surface area (TPSA) is 72.9 Å². The first-order valence-corrected chi connectivity index (χ1v) is 8.61. The van der Waals surface area contributed by atoms with Crippen LogP contribution in [0, 0.1) is 5.82 Å². The van der Waals surface area contributed by atoms with Crippen molar-refractivity contribution in [3.63, 3.8) is 0 Å². The fourth-order valence-corrected chi connectivity index (χ4v) is 3.01. The maximum absolute atomic E-state index is 12.9. The first-order valence-electron chi connectivity index (χ1n) is 8.61. The summed E-state index contributed by atoms with van der Waals surface area (Å²) in [5.74, 6) is -1.09. The first-order chi connectivity index (χ1) is 11.9. The van der Waals surface area contributed by atoms with Crippen molar-refractivity contribution < 1.29 is 19.1 Å². The predicted molar refractivity (Wildman–Crippen MR) is 93.0 cm³/mol. The third kappa shape index (κ3) is 5.70. The molecule has 0 radical (unpaired) electrons. The Labute approximate surface area is 147 Å². The standard InChI is InChI=1S/C18H26FN3O3/c1-3-22(12-17(23)24)16-10-15(11-16)20-18(25)21(2)9-8-13-4-6-14(19)7-5-13/h4-7,15-16H,3,8-12H2,1-2H3,(H,20,25)(H,23,24). The van der Waals surface area contributed by atoms with E-state index in [9.17, 15) is 14.0 Å². The summed E-state index contributed by atoms with van der Waals surface area (Å²) >= 11 is 0. The molecule has 138 valence electrons. The number of hydrogen-bond acceptors (Lipinski definition) is 3. The van der Waals surface area contributed by atoms with Gasteiger partial charge in [0.05, 0.1) is 6.54 Å². The molecule has 1 fully saturated rings. The van der Waals surface area contributed by atoms with Crippen molar-refractivity contribution in [1.29, 1.82) is 0 Å². The molecule has 1 aromatic rings. The number of urea groups is 1. The molecule has 2 rings (SSSR count). The molecule has 7 heteroatoms. The summed E-state index contributed by atoms with van der Waals surface area (Å²) in [6.45, 7) is 3.22. The van der Waals surface area contributed by atoms with Gasteiger partial charge in [-0.3, -0.25) is 9.69 Å². The molecular weight excluding hydrogens is 325 g/mol. The lowest BCUT2D eigenvalue weighted by Gasteiger charge is -2.42. The number of amides is 2. The van der Waals surface area contributed by atoms with Crippen molar-refractivity contribution in [2.45, 2.75) is 38.3 Å². The Hall–Kier alpha value is -2.15. The molecular formula is C18H26FN3O3. The highest BCUT2D eigenvalue weighted by atomic mass is 19.1.